The van der Waals surface area contributed by atoms with Crippen LogP contribution in [0.25, 0.3) is 0 Å². The Kier molecular flexibility index (Phi) is 6.03. The molecule has 0 aliphatic carbocycles. The summed E-state index contributed by atoms with van der Waals surface area (Å²) in [5.41, 5.74) is 0.421. The first-order chi connectivity index (χ1) is 9.51. The van der Waals surface area contributed by atoms with Crippen molar-refractivity contribution < 1.29 is 14.3 Å². The third kappa shape index (κ3) is 3.98. The standard InChI is InChI=1S/C15H22N2O3/c1-5-16-15(19)13(10(2)3)17-14(18)11-8-6-7-9-12(11)20-4/h6-10,13H,5H2,1-4H3,(H,16,19)(H,17,18). The average molecular weight is 278 g/mol. The molecule has 0 radical (unpaired) electrons. The van der Waals surface area contributed by atoms with Crippen molar-refractivity contribution in [2.45, 2.75) is 26.8 Å². The molecule has 0 saturated carbocycles. The van der Waals surface area contributed by atoms with E-state index in [1.54, 1.807) is 24.3 Å². The van der Waals surface area contributed by atoms with Crippen LogP contribution in [0.3, 0.4) is 0 Å². The first kappa shape index (κ1) is 16.0. The monoisotopic (exact) mass is 278 g/mol. The summed E-state index contributed by atoms with van der Waals surface area (Å²) in [6.45, 7) is 6.16. The fourth-order valence-electron chi connectivity index (χ4n) is 1.87. The van der Waals surface area contributed by atoms with Gasteiger partial charge in [0, 0.05) is 6.54 Å². The lowest BCUT2D eigenvalue weighted by Gasteiger charge is -2.21. The summed E-state index contributed by atoms with van der Waals surface area (Å²) in [4.78, 5) is 24.2. The minimum atomic E-state index is -0.563. The summed E-state index contributed by atoms with van der Waals surface area (Å²) in [5, 5.41) is 5.49. The maximum Gasteiger partial charge on any atom is 0.255 e. The van der Waals surface area contributed by atoms with Crippen LogP contribution in [0, 0.1) is 5.92 Å². The van der Waals surface area contributed by atoms with Crippen LogP contribution in [0.1, 0.15) is 31.1 Å². The van der Waals surface area contributed by atoms with E-state index in [4.69, 9.17) is 4.74 Å². The zero-order valence-electron chi connectivity index (χ0n) is 12.4. The zero-order chi connectivity index (χ0) is 15.1. The molecule has 0 aliphatic rings. The van der Waals surface area contributed by atoms with Crippen LogP contribution in [-0.2, 0) is 4.79 Å². The Morgan fingerprint density at radius 3 is 2.45 bits per heavy atom. The number of carbonyl (C=O) groups excluding carboxylic acids is 2. The van der Waals surface area contributed by atoms with Gasteiger partial charge in [-0.25, -0.2) is 0 Å². The van der Waals surface area contributed by atoms with Crippen LogP contribution in [0.4, 0.5) is 0 Å². The fraction of sp³-hybridized carbons (Fsp3) is 0.467. The maximum atomic E-state index is 12.3. The van der Waals surface area contributed by atoms with Gasteiger partial charge in [0.05, 0.1) is 12.7 Å². The molecule has 1 rings (SSSR count). The van der Waals surface area contributed by atoms with E-state index in [2.05, 4.69) is 10.6 Å². The third-order valence-corrected chi connectivity index (χ3v) is 2.94. The molecule has 110 valence electrons. The topological polar surface area (TPSA) is 67.4 Å². The predicted molar refractivity (Wildman–Crippen MR) is 77.8 cm³/mol. The predicted octanol–water partition coefficient (Wildman–Crippen LogP) is 1.59. The molecule has 0 aliphatic heterocycles. The van der Waals surface area contributed by atoms with Crippen molar-refractivity contribution in [1.29, 1.82) is 0 Å². The number of amides is 2. The zero-order valence-corrected chi connectivity index (χ0v) is 12.4. The van der Waals surface area contributed by atoms with Crippen LogP contribution in [0.5, 0.6) is 5.75 Å². The molecule has 0 spiro atoms. The highest BCUT2D eigenvalue weighted by Crippen LogP contribution is 2.17. The second kappa shape index (κ2) is 7.53. The molecule has 1 aromatic carbocycles. The first-order valence-corrected chi connectivity index (χ1v) is 6.72. The number of methoxy groups -OCH3 is 1. The van der Waals surface area contributed by atoms with Gasteiger partial charge in [-0.1, -0.05) is 26.0 Å². The second-order valence-electron chi connectivity index (χ2n) is 4.79. The summed E-state index contributed by atoms with van der Waals surface area (Å²) in [5.74, 6) is 0.00163. The van der Waals surface area contributed by atoms with Crippen molar-refractivity contribution in [3.05, 3.63) is 29.8 Å². The maximum absolute atomic E-state index is 12.3. The Bertz CT molecular complexity index is 472. The van der Waals surface area contributed by atoms with Gasteiger partial charge in [-0.05, 0) is 25.0 Å². The molecule has 0 bridgehead atoms. The van der Waals surface area contributed by atoms with Crippen LogP contribution in [0.15, 0.2) is 24.3 Å². The number of hydrogen-bond donors (Lipinski definition) is 2. The quantitative estimate of drug-likeness (QED) is 0.830. The van der Waals surface area contributed by atoms with E-state index in [1.807, 2.05) is 20.8 Å². The lowest BCUT2D eigenvalue weighted by molar-refractivity contribution is -0.123. The molecule has 1 unspecified atom stereocenters. The number of carbonyl (C=O) groups is 2. The Balaban J connectivity index is 2.88. The Hall–Kier alpha value is -2.04. The number of benzene rings is 1. The molecule has 0 fully saturated rings. The van der Waals surface area contributed by atoms with Crippen LogP contribution in [0.2, 0.25) is 0 Å². The smallest absolute Gasteiger partial charge is 0.255 e. The van der Waals surface area contributed by atoms with E-state index in [0.29, 0.717) is 17.9 Å². The Morgan fingerprint density at radius 2 is 1.90 bits per heavy atom. The number of para-hydroxylation sites is 1. The van der Waals surface area contributed by atoms with Crippen molar-refractivity contribution in [2.75, 3.05) is 13.7 Å². The van der Waals surface area contributed by atoms with Crippen LogP contribution < -0.4 is 15.4 Å². The van der Waals surface area contributed by atoms with Gasteiger partial charge in [0.1, 0.15) is 11.8 Å². The van der Waals surface area contributed by atoms with Crippen LogP contribution >= 0.6 is 0 Å². The molecule has 0 saturated heterocycles. The SMILES string of the molecule is CCNC(=O)C(NC(=O)c1ccccc1OC)C(C)C. The van der Waals surface area contributed by atoms with Gasteiger partial charge in [0.25, 0.3) is 5.91 Å². The summed E-state index contributed by atoms with van der Waals surface area (Å²) < 4.78 is 5.16. The number of nitrogens with one attached hydrogen (secondary N) is 2. The molecule has 5 nitrogen and oxygen atoms in total. The third-order valence-electron chi connectivity index (χ3n) is 2.94. The molecule has 2 N–H and O–H groups in total. The van der Waals surface area contributed by atoms with Crippen molar-refractivity contribution in [3.8, 4) is 5.75 Å². The van der Waals surface area contributed by atoms with E-state index < -0.39 is 6.04 Å². The number of rotatable bonds is 6. The Morgan fingerprint density at radius 1 is 1.25 bits per heavy atom. The van der Waals surface area contributed by atoms with E-state index >= 15 is 0 Å². The molecular formula is C15H22N2O3. The second-order valence-corrected chi connectivity index (χ2v) is 4.79. The highest BCUT2D eigenvalue weighted by Gasteiger charge is 2.25. The number of ether oxygens (including phenoxy) is 1. The molecule has 2 amide bonds. The van der Waals surface area contributed by atoms with Gasteiger partial charge in [-0.3, -0.25) is 9.59 Å². The lowest BCUT2D eigenvalue weighted by atomic mass is 10.0. The number of likely N-dealkylation sites (N-methyl/N-ethyl adjacent to an activating group) is 1. The van der Waals surface area contributed by atoms with Gasteiger partial charge in [-0.2, -0.15) is 0 Å². The van der Waals surface area contributed by atoms with Gasteiger partial charge in [0.15, 0.2) is 0 Å². The summed E-state index contributed by atoms with van der Waals surface area (Å²) in [6.07, 6.45) is 0. The summed E-state index contributed by atoms with van der Waals surface area (Å²) >= 11 is 0. The van der Waals surface area contributed by atoms with Gasteiger partial charge in [0.2, 0.25) is 5.91 Å². The van der Waals surface area contributed by atoms with Crippen molar-refractivity contribution in [1.82, 2.24) is 10.6 Å². The number of hydrogen-bond acceptors (Lipinski definition) is 3. The van der Waals surface area contributed by atoms with E-state index in [1.165, 1.54) is 7.11 Å². The molecule has 5 heteroatoms. The van der Waals surface area contributed by atoms with Gasteiger partial charge in [-0.15, -0.1) is 0 Å². The molecule has 0 heterocycles. The first-order valence-electron chi connectivity index (χ1n) is 6.72. The van der Waals surface area contributed by atoms with E-state index in [0.717, 1.165) is 0 Å². The van der Waals surface area contributed by atoms with E-state index in [9.17, 15) is 9.59 Å². The van der Waals surface area contributed by atoms with Crippen molar-refractivity contribution in [3.63, 3.8) is 0 Å². The van der Waals surface area contributed by atoms with Crippen molar-refractivity contribution >= 4 is 11.8 Å². The van der Waals surface area contributed by atoms with E-state index in [-0.39, 0.29) is 17.7 Å². The Labute approximate surface area is 119 Å². The molecule has 1 atom stereocenters. The van der Waals surface area contributed by atoms with Gasteiger partial charge >= 0.3 is 0 Å². The fourth-order valence-corrected chi connectivity index (χ4v) is 1.87. The van der Waals surface area contributed by atoms with Gasteiger partial charge < -0.3 is 15.4 Å². The normalized spacial score (nSPS) is 11.8. The summed E-state index contributed by atoms with van der Waals surface area (Å²) in [7, 11) is 1.51. The largest absolute Gasteiger partial charge is 0.496 e. The molecule has 1 aromatic rings. The minimum absolute atomic E-state index is 0.000192. The minimum Gasteiger partial charge on any atom is -0.496 e. The van der Waals surface area contributed by atoms with Crippen molar-refractivity contribution in [2.24, 2.45) is 5.92 Å². The highest BCUT2D eigenvalue weighted by atomic mass is 16.5. The lowest BCUT2D eigenvalue weighted by Crippen LogP contribution is -2.49. The molecular weight excluding hydrogens is 256 g/mol. The average Bonchev–Trinajstić information content (AvgIpc) is 2.44. The highest BCUT2D eigenvalue weighted by molar-refractivity contribution is 5.99. The van der Waals surface area contributed by atoms with Crippen LogP contribution in [-0.4, -0.2) is 31.5 Å². The summed E-state index contributed by atoms with van der Waals surface area (Å²) in [6, 6.07) is 6.37. The molecule has 20 heavy (non-hydrogen) atoms. The molecule has 0 aromatic heterocycles.